The van der Waals surface area contributed by atoms with E-state index < -0.39 is 0 Å². The average molecular weight is 236 g/mol. The van der Waals surface area contributed by atoms with Crippen LogP contribution in [-0.4, -0.2) is 15.8 Å². The van der Waals surface area contributed by atoms with Crippen LogP contribution >= 0.6 is 0 Å². The maximum atomic E-state index is 9.99. The Hall–Kier alpha value is -1.22. The summed E-state index contributed by atoms with van der Waals surface area (Å²) in [6, 6.07) is 1.76. The zero-order valence-corrected chi connectivity index (χ0v) is 10.9. The van der Waals surface area contributed by atoms with Crippen LogP contribution in [0.15, 0.2) is 6.07 Å². The van der Waals surface area contributed by atoms with E-state index in [0.29, 0.717) is 11.5 Å². The third-order valence-electron chi connectivity index (χ3n) is 3.48. The molecule has 94 valence electrons. The number of ether oxygens (including phenoxy) is 1. The number of aromatic hydroxyl groups is 1. The van der Waals surface area contributed by atoms with Crippen molar-refractivity contribution in [3.05, 3.63) is 22.8 Å². The number of rotatable bonds is 1. The number of fused-ring (bicyclic) bond motifs is 1. The second-order valence-electron chi connectivity index (χ2n) is 5.55. The van der Waals surface area contributed by atoms with Gasteiger partial charge in [0.1, 0.15) is 17.1 Å². The van der Waals surface area contributed by atoms with Crippen molar-refractivity contribution in [3.8, 4) is 11.5 Å². The lowest BCUT2D eigenvalue weighted by molar-refractivity contribution is 0.0738. The number of benzene rings is 1. The first-order chi connectivity index (χ1) is 7.85. The largest absolute Gasteiger partial charge is 0.507 e. The molecule has 2 N–H and O–H groups in total. The van der Waals surface area contributed by atoms with Crippen molar-refractivity contribution in [2.45, 2.75) is 52.2 Å². The summed E-state index contributed by atoms with van der Waals surface area (Å²) in [7, 11) is 0. The SMILES string of the molecule is Cc1c(O)c(CO)cc2c1C(C)CC(C)(C)O2. The summed E-state index contributed by atoms with van der Waals surface area (Å²) >= 11 is 0. The van der Waals surface area contributed by atoms with Gasteiger partial charge in [0.2, 0.25) is 0 Å². The number of hydrogen-bond acceptors (Lipinski definition) is 3. The molecule has 0 saturated carbocycles. The second-order valence-corrected chi connectivity index (χ2v) is 5.55. The molecule has 0 fully saturated rings. The molecule has 0 bridgehead atoms. The van der Waals surface area contributed by atoms with Crippen LogP contribution in [0, 0.1) is 6.92 Å². The summed E-state index contributed by atoms with van der Waals surface area (Å²) < 4.78 is 5.95. The maximum absolute atomic E-state index is 9.99. The fraction of sp³-hybridized carbons (Fsp3) is 0.571. The minimum Gasteiger partial charge on any atom is -0.507 e. The molecule has 1 atom stereocenters. The fourth-order valence-electron chi connectivity index (χ4n) is 2.85. The number of phenols is 1. The quantitative estimate of drug-likeness (QED) is 0.788. The van der Waals surface area contributed by atoms with Gasteiger partial charge in [0.15, 0.2) is 0 Å². The van der Waals surface area contributed by atoms with Gasteiger partial charge in [-0.2, -0.15) is 0 Å². The first-order valence-corrected chi connectivity index (χ1v) is 6.01. The summed E-state index contributed by atoms with van der Waals surface area (Å²) in [6.45, 7) is 7.98. The van der Waals surface area contributed by atoms with E-state index >= 15 is 0 Å². The standard InChI is InChI=1S/C14H20O3/c1-8-6-14(3,4)17-11-5-10(7-15)13(16)9(2)12(8)11/h5,8,15-16H,6-7H2,1-4H3. The van der Waals surface area contributed by atoms with Crippen molar-refractivity contribution >= 4 is 0 Å². The van der Waals surface area contributed by atoms with E-state index in [1.165, 1.54) is 0 Å². The van der Waals surface area contributed by atoms with Gasteiger partial charge in [-0.05, 0) is 44.7 Å². The Morgan fingerprint density at radius 2 is 2.12 bits per heavy atom. The van der Waals surface area contributed by atoms with Gasteiger partial charge in [0, 0.05) is 11.1 Å². The highest BCUT2D eigenvalue weighted by Gasteiger charge is 2.33. The van der Waals surface area contributed by atoms with Gasteiger partial charge in [-0.15, -0.1) is 0 Å². The maximum Gasteiger partial charge on any atom is 0.124 e. The lowest BCUT2D eigenvalue weighted by Gasteiger charge is -2.37. The number of aliphatic hydroxyl groups excluding tert-OH is 1. The van der Waals surface area contributed by atoms with Gasteiger partial charge in [0.25, 0.3) is 0 Å². The van der Waals surface area contributed by atoms with Crippen molar-refractivity contribution in [1.29, 1.82) is 0 Å². The first-order valence-electron chi connectivity index (χ1n) is 6.01. The smallest absolute Gasteiger partial charge is 0.124 e. The van der Waals surface area contributed by atoms with E-state index in [2.05, 4.69) is 20.8 Å². The minimum atomic E-state index is -0.192. The molecule has 17 heavy (non-hydrogen) atoms. The fourth-order valence-corrected chi connectivity index (χ4v) is 2.85. The molecule has 0 aliphatic carbocycles. The first kappa shape index (κ1) is 12.2. The van der Waals surface area contributed by atoms with Gasteiger partial charge < -0.3 is 14.9 Å². The van der Waals surface area contributed by atoms with Crippen LogP contribution in [0.1, 0.15) is 49.8 Å². The van der Waals surface area contributed by atoms with Crippen LogP contribution in [0.3, 0.4) is 0 Å². The molecule has 1 aromatic carbocycles. The van der Waals surface area contributed by atoms with Crippen molar-refractivity contribution in [2.75, 3.05) is 0 Å². The molecule has 1 aliphatic heterocycles. The average Bonchev–Trinajstić information content (AvgIpc) is 2.20. The van der Waals surface area contributed by atoms with Crippen molar-refractivity contribution in [2.24, 2.45) is 0 Å². The number of hydrogen-bond donors (Lipinski definition) is 2. The second kappa shape index (κ2) is 3.91. The zero-order chi connectivity index (χ0) is 12.8. The van der Waals surface area contributed by atoms with Gasteiger partial charge >= 0.3 is 0 Å². The molecule has 0 aromatic heterocycles. The Bertz CT molecular complexity index is 449. The number of aliphatic hydroxyl groups is 1. The highest BCUT2D eigenvalue weighted by atomic mass is 16.5. The molecular weight excluding hydrogens is 216 g/mol. The van der Waals surface area contributed by atoms with E-state index in [1.54, 1.807) is 6.07 Å². The van der Waals surface area contributed by atoms with E-state index in [4.69, 9.17) is 4.74 Å². The molecule has 0 amide bonds. The molecular formula is C14H20O3. The molecule has 2 rings (SSSR count). The summed E-state index contributed by atoms with van der Waals surface area (Å²) in [5, 5.41) is 19.2. The van der Waals surface area contributed by atoms with Gasteiger partial charge in [0.05, 0.1) is 6.61 Å². The normalized spacial score (nSPS) is 21.8. The topological polar surface area (TPSA) is 49.7 Å². The molecule has 0 spiro atoms. The lowest BCUT2D eigenvalue weighted by Crippen LogP contribution is -2.34. The Kier molecular flexibility index (Phi) is 2.82. The Morgan fingerprint density at radius 1 is 1.47 bits per heavy atom. The van der Waals surface area contributed by atoms with Crippen molar-refractivity contribution in [1.82, 2.24) is 0 Å². The Labute approximate surface area is 102 Å². The van der Waals surface area contributed by atoms with E-state index in [1.807, 2.05) is 6.92 Å². The molecule has 1 aliphatic rings. The van der Waals surface area contributed by atoms with Gasteiger partial charge in [-0.1, -0.05) is 6.92 Å². The van der Waals surface area contributed by atoms with Crippen LogP contribution in [0.2, 0.25) is 0 Å². The molecule has 1 heterocycles. The summed E-state index contributed by atoms with van der Waals surface area (Å²) in [4.78, 5) is 0. The molecule has 3 heteroatoms. The van der Waals surface area contributed by atoms with Crippen LogP contribution in [-0.2, 0) is 6.61 Å². The molecule has 3 nitrogen and oxygen atoms in total. The molecule has 1 unspecified atom stereocenters. The monoisotopic (exact) mass is 236 g/mol. The summed E-state index contributed by atoms with van der Waals surface area (Å²) in [6.07, 6.45) is 0.929. The van der Waals surface area contributed by atoms with Gasteiger partial charge in [-0.25, -0.2) is 0 Å². The molecule has 1 aromatic rings. The highest BCUT2D eigenvalue weighted by molar-refractivity contribution is 5.54. The van der Waals surface area contributed by atoms with Crippen LogP contribution in [0.25, 0.3) is 0 Å². The summed E-state index contributed by atoms with van der Waals surface area (Å²) in [5.74, 6) is 1.35. The predicted molar refractivity (Wildman–Crippen MR) is 66.5 cm³/mol. The van der Waals surface area contributed by atoms with E-state index in [9.17, 15) is 10.2 Å². The lowest BCUT2D eigenvalue weighted by atomic mass is 9.82. The Morgan fingerprint density at radius 3 is 2.71 bits per heavy atom. The molecule has 0 saturated heterocycles. The zero-order valence-electron chi connectivity index (χ0n) is 10.9. The third kappa shape index (κ3) is 2.00. The van der Waals surface area contributed by atoms with E-state index in [0.717, 1.165) is 23.3 Å². The van der Waals surface area contributed by atoms with E-state index in [-0.39, 0.29) is 18.0 Å². The van der Waals surface area contributed by atoms with Crippen LogP contribution in [0.5, 0.6) is 11.5 Å². The Balaban J connectivity index is 2.60. The third-order valence-corrected chi connectivity index (χ3v) is 3.48. The highest BCUT2D eigenvalue weighted by Crippen LogP contribution is 2.45. The van der Waals surface area contributed by atoms with Gasteiger partial charge in [-0.3, -0.25) is 0 Å². The van der Waals surface area contributed by atoms with Crippen molar-refractivity contribution < 1.29 is 14.9 Å². The van der Waals surface area contributed by atoms with Crippen LogP contribution in [0.4, 0.5) is 0 Å². The predicted octanol–water partition coefficient (Wildman–Crippen LogP) is 2.86. The minimum absolute atomic E-state index is 0.169. The molecule has 0 radical (unpaired) electrons. The van der Waals surface area contributed by atoms with Crippen molar-refractivity contribution in [3.63, 3.8) is 0 Å². The van der Waals surface area contributed by atoms with Crippen LogP contribution < -0.4 is 4.74 Å². The summed E-state index contributed by atoms with van der Waals surface area (Å²) in [5.41, 5.74) is 2.24.